The summed E-state index contributed by atoms with van der Waals surface area (Å²) in [4.78, 5) is 17.2. The molecular formula is C25H23Cl2N3O2. The Labute approximate surface area is 196 Å². The molecule has 0 aliphatic carbocycles. The summed E-state index contributed by atoms with van der Waals surface area (Å²) in [6, 6.07) is 20.4. The average molecular weight is 468 g/mol. The van der Waals surface area contributed by atoms with Gasteiger partial charge in [0.15, 0.2) is 0 Å². The quantitative estimate of drug-likeness (QED) is 0.320. The Kier molecular flexibility index (Phi) is 6.98. The molecule has 0 aliphatic heterocycles. The molecule has 32 heavy (non-hydrogen) atoms. The van der Waals surface area contributed by atoms with Crippen LogP contribution in [0.3, 0.4) is 0 Å². The molecule has 7 heteroatoms. The fraction of sp³-hybridized carbons (Fsp3) is 0.200. The van der Waals surface area contributed by atoms with Gasteiger partial charge < -0.3 is 14.6 Å². The van der Waals surface area contributed by atoms with Gasteiger partial charge in [-0.15, -0.1) is 0 Å². The van der Waals surface area contributed by atoms with Crippen LogP contribution in [0.25, 0.3) is 11.0 Å². The third-order valence-corrected chi connectivity index (χ3v) is 5.85. The Bertz CT molecular complexity index is 1240. The van der Waals surface area contributed by atoms with E-state index in [0.717, 1.165) is 46.2 Å². The van der Waals surface area contributed by atoms with Crippen molar-refractivity contribution in [2.75, 3.05) is 6.61 Å². The first-order chi connectivity index (χ1) is 15.5. The van der Waals surface area contributed by atoms with E-state index in [2.05, 4.69) is 9.88 Å². The average Bonchev–Trinajstić information content (AvgIpc) is 3.15. The number of fused-ring (bicyclic) bond motifs is 1. The smallest absolute Gasteiger partial charge is 0.251 e. The minimum Gasteiger partial charge on any atom is -0.494 e. The maximum atomic E-state index is 12.5. The number of benzene rings is 3. The molecule has 5 nitrogen and oxygen atoms in total. The summed E-state index contributed by atoms with van der Waals surface area (Å²) in [5.74, 6) is 1.44. The highest BCUT2D eigenvalue weighted by molar-refractivity contribution is 6.31. The number of para-hydroxylation sites is 2. The molecule has 0 aliphatic rings. The molecule has 4 aromatic rings. The molecule has 1 N–H and O–H groups in total. The molecular weight excluding hydrogens is 445 g/mol. The highest BCUT2D eigenvalue weighted by Crippen LogP contribution is 2.22. The Morgan fingerprint density at radius 2 is 1.84 bits per heavy atom. The number of nitrogens with zero attached hydrogens (tertiary/aromatic N) is 2. The van der Waals surface area contributed by atoms with Crippen LogP contribution in [-0.4, -0.2) is 22.1 Å². The van der Waals surface area contributed by atoms with Crippen molar-refractivity contribution in [3.63, 3.8) is 0 Å². The van der Waals surface area contributed by atoms with Crippen molar-refractivity contribution in [1.82, 2.24) is 14.9 Å². The second kappa shape index (κ2) is 10.1. The van der Waals surface area contributed by atoms with Crippen molar-refractivity contribution in [3.8, 4) is 5.75 Å². The highest BCUT2D eigenvalue weighted by atomic mass is 35.5. The first kappa shape index (κ1) is 22.2. The monoisotopic (exact) mass is 467 g/mol. The Hall–Kier alpha value is -3.02. The van der Waals surface area contributed by atoms with Crippen LogP contribution in [-0.2, 0) is 13.1 Å². The first-order valence-electron chi connectivity index (χ1n) is 10.4. The van der Waals surface area contributed by atoms with E-state index in [1.165, 1.54) is 0 Å². The van der Waals surface area contributed by atoms with E-state index in [4.69, 9.17) is 32.9 Å². The lowest BCUT2D eigenvalue weighted by molar-refractivity contribution is 0.0949. The van der Waals surface area contributed by atoms with E-state index >= 15 is 0 Å². The van der Waals surface area contributed by atoms with Crippen LogP contribution in [0.15, 0.2) is 66.7 Å². The topological polar surface area (TPSA) is 56.1 Å². The third-order valence-electron chi connectivity index (χ3n) is 5.17. The number of aryl methyl sites for hydroxylation is 2. The number of imidazole rings is 1. The molecule has 0 spiro atoms. The van der Waals surface area contributed by atoms with Crippen LogP contribution in [0.1, 0.15) is 28.2 Å². The summed E-state index contributed by atoms with van der Waals surface area (Å²) in [5.41, 5.74) is 3.48. The summed E-state index contributed by atoms with van der Waals surface area (Å²) in [5, 5.41) is 4.28. The number of nitrogens with one attached hydrogen (secondary N) is 1. The predicted octanol–water partition coefficient (Wildman–Crippen LogP) is 6.05. The molecule has 0 saturated carbocycles. The largest absolute Gasteiger partial charge is 0.494 e. The van der Waals surface area contributed by atoms with E-state index in [0.29, 0.717) is 23.7 Å². The zero-order valence-corrected chi connectivity index (χ0v) is 19.2. The SMILES string of the molecule is Cc1cc(OCCCn2c(CNC(=O)c3ccc(Cl)cc3)nc3ccccc32)ccc1Cl. The van der Waals surface area contributed by atoms with Crippen LogP contribution in [0, 0.1) is 6.92 Å². The Morgan fingerprint density at radius 3 is 2.62 bits per heavy atom. The molecule has 0 saturated heterocycles. The van der Waals surface area contributed by atoms with Gasteiger partial charge in [0.2, 0.25) is 0 Å². The normalized spacial score (nSPS) is 11.0. The van der Waals surface area contributed by atoms with E-state index in [-0.39, 0.29) is 5.91 Å². The van der Waals surface area contributed by atoms with Gasteiger partial charge in [-0.3, -0.25) is 4.79 Å². The van der Waals surface area contributed by atoms with Gasteiger partial charge in [-0.2, -0.15) is 0 Å². The lowest BCUT2D eigenvalue weighted by atomic mass is 10.2. The zero-order valence-electron chi connectivity index (χ0n) is 17.6. The van der Waals surface area contributed by atoms with Crippen molar-refractivity contribution >= 4 is 40.1 Å². The van der Waals surface area contributed by atoms with Crippen LogP contribution >= 0.6 is 23.2 Å². The molecule has 164 valence electrons. The number of amides is 1. The van der Waals surface area contributed by atoms with Crippen LogP contribution in [0.2, 0.25) is 10.0 Å². The van der Waals surface area contributed by atoms with Crippen LogP contribution < -0.4 is 10.1 Å². The Morgan fingerprint density at radius 1 is 1.06 bits per heavy atom. The molecule has 3 aromatic carbocycles. The van der Waals surface area contributed by atoms with Gasteiger partial charge in [0.05, 0.1) is 24.2 Å². The number of halogens is 2. The van der Waals surface area contributed by atoms with Gasteiger partial charge in [-0.25, -0.2) is 4.98 Å². The number of ether oxygens (including phenoxy) is 1. The van der Waals surface area contributed by atoms with Gasteiger partial charge in [-0.05, 0) is 73.5 Å². The van der Waals surface area contributed by atoms with Gasteiger partial charge in [0, 0.05) is 22.2 Å². The molecule has 0 atom stereocenters. The van der Waals surface area contributed by atoms with Crippen molar-refractivity contribution in [2.24, 2.45) is 0 Å². The van der Waals surface area contributed by atoms with Gasteiger partial charge in [0.1, 0.15) is 11.6 Å². The molecule has 1 amide bonds. The second-order valence-corrected chi connectivity index (χ2v) is 8.31. The fourth-order valence-electron chi connectivity index (χ4n) is 3.49. The number of carbonyl (C=O) groups is 1. The maximum Gasteiger partial charge on any atom is 0.251 e. The minimum absolute atomic E-state index is 0.165. The summed E-state index contributed by atoms with van der Waals surface area (Å²) < 4.78 is 8.02. The lowest BCUT2D eigenvalue weighted by Crippen LogP contribution is -2.25. The van der Waals surface area contributed by atoms with Crippen molar-refractivity contribution in [1.29, 1.82) is 0 Å². The molecule has 0 radical (unpaired) electrons. The molecule has 0 bridgehead atoms. The Balaban J connectivity index is 1.42. The summed E-state index contributed by atoms with van der Waals surface area (Å²) in [7, 11) is 0. The van der Waals surface area contributed by atoms with Crippen molar-refractivity contribution in [3.05, 3.63) is 93.7 Å². The van der Waals surface area contributed by atoms with Crippen LogP contribution in [0.4, 0.5) is 0 Å². The number of hydrogen-bond donors (Lipinski definition) is 1. The second-order valence-electron chi connectivity index (χ2n) is 7.47. The van der Waals surface area contributed by atoms with Gasteiger partial charge in [0.25, 0.3) is 5.91 Å². The third kappa shape index (κ3) is 5.23. The predicted molar refractivity (Wildman–Crippen MR) is 129 cm³/mol. The molecule has 1 heterocycles. The number of hydrogen-bond acceptors (Lipinski definition) is 3. The van der Waals surface area contributed by atoms with Gasteiger partial charge >= 0.3 is 0 Å². The van der Waals surface area contributed by atoms with E-state index < -0.39 is 0 Å². The van der Waals surface area contributed by atoms with Crippen molar-refractivity contribution in [2.45, 2.75) is 26.4 Å². The fourth-order valence-corrected chi connectivity index (χ4v) is 3.74. The molecule has 1 aromatic heterocycles. The molecule has 4 rings (SSSR count). The summed E-state index contributed by atoms with van der Waals surface area (Å²) >= 11 is 12.0. The van der Waals surface area contributed by atoms with Crippen molar-refractivity contribution < 1.29 is 9.53 Å². The molecule has 0 unspecified atom stereocenters. The van der Waals surface area contributed by atoms with Gasteiger partial charge in [-0.1, -0.05) is 35.3 Å². The van der Waals surface area contributed by atoms with E-state index in [1.54, 1.807) is 24.3 Å². The standard InChI is InChI=1S/C25H23Cl2N3O2/c1-17-15-20(11-12-21(17)27)32-14-4-13-30-23-6-3-2-5-22(23)29-24(30)16-28-25(31)18-7-9-19(26)10-8-18/h2-3,5-12,15H,4,13-14,16H2,1H3,(H,28,31). The number of carbonyl (C=O) groups excluding carboxylic acids is 1. The molecule has 0 fully saturated rings. The highest BCUT2D eigenvalue weighted by Gasteiger charge is 2.12. The van der Waals surface area contributed by atoms with E-state index in [9.17, 15) is 4.79 Å². The minimum atomic E-state index is -0.165. The maximum absolute atomic E-state index is 12.5. The lowest BCUT2D eigenvalue weighted by Gasteiger charge is -2.12. The number of rotatable bonds is 8. The zero-order chi connectivity index (χ0) is 22.5. The van der Waals surface area contributed by atoms with E-state index in [1.807, 2.05) is 49.4 Å². The first-order valence-corrected chi connectivity index (χ1v) is 11.1. The summed E-state index contributed by atoms with van der Waals surface area (Å²) in [6.45, 7) is 3.56. The summed E-state index contributed by atoms with van der Waals surface area (Å²) in [6.07, 6.45) is 0.792. The number of aromatic nitrogens is 2. The van der Waals surface area contributed by atoms with Crippen LogP contribution in [0.5, 0.6) is 5.75 Å².